The lowest BCUT2D eigenvalue weighted by atomic mass is 10.1. The van der Waals surface area contributed by atoms with Crippen LogP contribution >= 0.6 is 11.8 Å². The fraction of sp³-hybridized carbons (Fsp3) is 0.647. The molecule has 0 aliphatic carbocycles. The lowest BCUT2D eigenvalue weighted by molar-refractivity contribution is -0.226. The molecular formula is C17H24O5S. The zero-order valence-corrected chi connectivity index (χ0v) is 14.7. The van der Waals surface area contributed by atoms with E-state index in [1.54, 1.807) is 18.9 Å². The molecule has 0 amide bonds. The van der Waals surface area contributed by atoms with Gasteiger partial charge in [0.25, 0.3) is 0 Å². The highest BCUT2D eigenvalue weighted by Gasteiger charge is 2.56. The van der Waals surface area contributed by atoms with Crippen LogP contribution in [0, 0.1) is 6.92 Å². The Morgan fingerprint density at radius 1 is 1.26 bits per heavy atom. The second-order valence-electron chi connectivity index (χ2n) is 6.46. The number of benzene rings is 1. The quantitative estimate of drug-likeness (QED) is 0.831. The van der Waals surface area contributed by atoms with E-state index in [4.69, 9.17) is 18.9 Å². The lowest BCUT2D eigenvalue weighted by Crippen LogP contribution is -2.43. The summed E-state index contributed by atoms with van der Waals surface area (Å²) in [6.45, 7) is 5.75. The zero-order valence-electron chi connectivity index (χ0n) is 13.9. The number of methoxy groups -OCH3 is 1. The molecule has 23 heavy (non-hydrogen) atoms. The first-order valence-electron chi connectivity index (χ1n) is 7.81. The highest BCUT2D eigenvalue weighted by atomic mass is 32.2. The summed E-state index contributed by atoms with van der Waals surface area (Å²) in [6.07, 6.45) is -2.25. The normalized spacial score (nSPS) is 33.6. The summed E-state index contributed by atoms with van der Waals surface area (Å²) < 4.78 is 22.9. The van der Waals surface area contributed by atoms with Gasteiger partial charge in [-0.15, -0.1) is 11.8 Å². The predicted octanol–water partition coefficient (Wildman–Crippen LogP) is 2.34. The fourth-order valence-electron chi connectivity index (χ4n) is 2.99. The molecule has 2 heterocycles. The number of aliphatic hydroxyl groups excluding tert-OH is 1. The van der Waals surface area contributed by atoms with Crippen LogP contribution < -0.4 is 0 Å². The van der Waals surface area contributed by atoms with E-state index >= 15 is 0 Å². The van der Waals surface area contributed by atoms with Crippen molar-refractivity contribution in [1.82, 2.24) is 0 Å². The average molecular weight is 340 g/mol. The van der Waals surface area contributed by atoms with Crippen LogP contribution in [0.15, 0.2) is 29.2 Å². The number of rotatable bonds is 5. The third kappa shape index (κ3) is 3.73. The Hall–Kier alpha value is -0.630. The second kappa shape index (κ2) is 6.70. The van der Waals surface area contributed by atoms with Gasteiger partial charge < -0.3 is 24.1 Å². The molecule has 1 N–H and O–H groups in total. The first kappa shape index (κ1) is 17.2. The summed E-state index contributed by atoms with van der Waals surface area (Å²) in [7, 11) is 1.61. The first-order valence-corrected chi connectivity index (χ1v) is 8.79. The number of hydrogen-bond acceptors (Lipinski definition) is 6. The van der Waals surface area contributed by atoms with E-state index in [2.05, 4.69) is 31.2 Å². The maximum Gasteiger partial charge on any atom is 0.190 e. The number of fused-ring (bicyclic) bond motifs is 1. The standard InChI is InChI=1S/C17H24O5S/c1-10-5-7-11(8-6-10)23-9-12(18)13-14(19-4)15-16(20-13)22-17(2,3)21-15/h5-8,12-16,18H,9H2,1-4H3/t12-,13+,14-,15+,16+/m0/s1. The van der Waals surface area contributed by atoms with Crippen molar-refractivity contribution < 1.29 is 24.1 Å². The molecule has 2 aliphatic rings. The van der Waals surface area contributed by atoms with Gasteiger partial charge in [-0.3, -0.25) is 0 Å². The molecule has 1 aromatic carbocycles. The van der Waals surface area contributed by atoms with E-state index in [-0.39, 0.29) is 12.2 Å². The van der Waals surface area contributed by atoms with Gasteiger partial charge in [-0.05, 0) is 32.9 Å². The molecule has 0 unspecified atom stereocenters. The summed E-state index contributed by atoms with van der Waals surface area (Å²) in [5.41, 5.74) is 1.22. The summed E-state index contributed by atoms with van der Waals surface area (Å²) >= 11 is 1.60. The third-order valence-electron chi connectivity index (χ3n) is 4.12. The van der Waals surface area contributed by atoms with Crippen molar-refractivity contribution in [3.63, 3.8) is 0 Å². The van der Waals surface area contributed by atoms with Gasteiger partial charge in [0.05, 0.1) is 6.10 Å². The number of ether oxygens (including phenoxy) is 4. The van der Waals surface area contributed by atoms with Crippen molar-refractivity contribution >= 4 is 11.8 Å². The molecule has 0 aromatic heterocycles. The molecule has 0 radical (unpaired) electrons. The molecule has 5 atom stereocenters. The molecule has 0 saturated carbocycles. The second-order valence-corrected chi connectivity index (χ2v) is 7.55. The SMILES string of the molecule is CO[C@@H]1[C@H]2OC(C)(C)O[C@H]2O[C@@H]1[C@@H](O)CSc1ccc(C)cc1. The first-order chi connectivity index (χ1) is 10.9. The van der Waals surface area contributed by atoms with Gasteiger partial charge in [-0.25, -0.2) is 0 Å². The van der Waals surface area contributed by atoms with E-state index < -0.39 is 24.3 Å². The van der Waals surface area contributed by atoms with Crippen LogP contribution in [0.3, 0.4) is 0 Å². The largest absolute Gasteiger partial charge is 0.389 e. The van der Waals surface area contributed by atoms with Gasteiger partial charge >= 0.3 is 0 Å². The van der Waals surface area contributed by atoms with Crippen molar-refractivity contribution in [3.8, 4) is 0 Å². The lowest BCUT2D eigenvalue weighted by Gasteiger charge is -2.27. The Labute approximate surface area is 141 Å². The smallest absolute Gasteiger partial charge is 0.190 e. The number of aliphatic hydroxyl groups is 1. The minimum absolute atomic E-state index is 0.306. The van der Waals surface area contributed by atoms with Crippen molar-refractivity contribution in [2.75, 3.05) is 12.9 Å². The summed E-state index contributed by atoms with van der Waals surface area (Å²) in [5, 5.41) is 10.5. The molecule has 3 rings (SSSR count). The van der Waals surface area contributed by atoms with Crippen molar-refractivity contribution in [2.45, 2.75) is 62.2 Å². The molecule has 2 saturated heterocycles. The highest BCUT2D eigenvalue weighted by Crippen LogP contribution is 2.40. The van der Waals surface area contributed by atoms with Crippen molar-refractivity contribution in [2.24, 2.45) is 0 Å². The van der Waals surface area contributed by atoms with E-state index in [0.29, 0.717) is 5.75 Å². The van der Waals surface area contributed by atoms with Gasteiger partial charge in [0.1, 0.15) is 18.3 Å². The van der Waals surface area contributed by atoms with Crippen molar-refractivity contribution in [1.29, 1.82) is 0 Å². The molecular weight excluding hydrogens is 316 g/mol. The van der Waals surface area contributed by atoms with Crippen LogP contribution in [0.2, 0.25) is 0 Å². The average Bonchev–Trinajstić information content (AvgIpc) is 2.97. The minimum Gasteiger partial charge on any atom is -0.389 e. The summed E-state index contributed by atoms with van der Waals surface area (Å²) in [6, 6.07) is 8.23. The maximum atomic E-state index is 10.5. The van der Waals surface area contributed by atoms with Gasteiger partial charge in [0.2, 0.25) is 0 Å². The van der Waals surface area contributed by atoms with E-state index in [9.17, 15) is 5.11 Å². The molecule has 6 heteroatoms. The van der Waals surface area contributed by atoms with Gasteiger partial charge in [-0.2, -0.15) is 0 Å². The van der Waals surface area contributed by atoms with Crippen LogP contribution in [0.1, 0.15) is 19.4 Å². The Bertz CT molecular complexity index is 532. The molecule has 2 aliphatic heterocycles. The third-order valence-corrected chi connectivity index (χ3v) is 5.23. The minimum atomic E-state index is -0.682. The Morgan fingerprint density at radius 3 is 2.61 bits per heavy atom. The number of aryl methyl sites for hydroxylation is 1. The molecule has 0 spiro atoms. The zero-order chi connectivity index (χ0) is 16.6. The van der Waals surface area contributed by atoms with Crippen LogP contribution in [0.4, 0.5) is 0 Å². The van der Waals surface area contributed by atoms with E-state index in [1.165, 1.54) is 5.56 Å². The summed E-state index contributed by atoms with van der Waals surface area (Å²) in [4.78, 5) is 1.12. The Kier molecular flexibility index (Phi) is 5.01. The Balaban J connectivity index is 1.59. The van der Waals surface area contributed by atoms with Crippen LogP contribution in [0.5, 0.6) is 0 Å². The topological polar surface area (TPSA) is 57.2 Å². The van der Waals surface area contributed by atoms with Gasteiger partial charge in [0.15, 0.2) is 12.1 Å². The van der Waals surface area contributed by atoms with Crippen LogP contribution in [-0.4, -0.2) is 54.5 Å². The monoisotopic (exact) mass is 340 g/mol. The van der Waals surface area contributed by atoms with Crippen LogP contribution in [-0.2, 0) is 18.9 Å². The van der Waals surface area contributed by atoms with Gasteiger partial charge in [0, 0.05) is 17.8 Å². The Morgan fingerprint density at radius 2 is 1.96 bits per heavy atom. The number of hydrogen-bond donors (Lipinski definition) is 1. The number of thioether (sulfide) groups is 1. The fourth-order valence-corrected chi connectivity index (χ4v) is 3.87. The molecule has 2 fully saturated rings. The molecule has 1 aromatic rings. The molecule has 0 bridgehead atoms. The van der Waals surface area contributed by atoms with Crippen molar-refractivity contribution in [3.05, 3.63) is 29.8 Å². The van der Waals surface area contributed by atoms with Crippen LogP contribution in [0.25, 0.3) is 0 Å². The molecule has 5 nitrogen and oxygen atoms in total. The highest BCUT2D eigenvalue weighted by molar-refractivity contribution is 7.99. The predicted molar refractivity (Wildman–Crippen MR) is 87.4 cm³/mol. The summed E-state index contributed by atoms with van der Waals surface area (Å²) in [5.74, 6) is -0.158. The van der Waals surface area contributed by atoms with E-state index in [1.807, 2.05) is 13.8 Å². The van der Waals surface area contributed by atoms with Gasteiger partial charge in [-0.1, -0.05) is 17.7 Å². The maximum absolute atomic E-state index is 10.5. The van der Waals surface area contributed by atoms with E-state index in [0.717, 1.165) is 4.90 Å². The molecule has 128 valence electrons.